The molecular formula is C21H23N3O4. The van der Waals surface area contributed by atoms with E-state index in [2.05, 4.69) is 16.0 Å². The van der Waals surface area contributed by atoms with E-state index in [-0.39, 0.29) is 23.6 Å². The van der Waals surface area contributed by atoms with Crippen molar-refractivity contribution < 1.29 is 19.1 Å². The van der Waals surface area contributed by atoms with Crippen molar-refractivity contribution in [2.45, 2.75) is 12.8 Å². The molecule has 0 radical (unpaired) electrons. The van der Waals surface area contributed by atoms with E-state index < -0.39 is 0 Å². The molecule has 3 rings (SSSR count). The lowest BCUT2D eigenvalue weighted by Gasteiger charge is -2.09. The Hall–Kier alpha value is -3.35. The summed E-state index contributed by atoms with van der Waals surface area (Å²) in [6.45, 7) is 0.591. The molecule has 0 unspecified atom stereocenters. The van der Waals surface area contributed by atoms with Gasteiger partial charge in [-0.05, 0) is 55.3 Å². The number of hydrogen-bond acceptors (Lipinski definition) is 4. The minimum Gasteiger partial charge on any atom is -0.497 e. The standard InChI is InChI=1S/C21H23N3O4/c1-28-18-9-7-14(8-10-18)19(25)22-11-12-23-20(26)16-3-2-4-17(13-16)24-21(27)15-5-6-15/h2-4,7-10,13,15H,5-6,11-12H2,1H3,(H,22,25)(H,23,26)(H,24,27). The molecule has 1 aliphatic carbocycles. The molecule has 3 amide bonds. The smallest absolute Gasteiger partial charge is 0.251 e. The third-order valence-corrected chi connectivity index (χ3v) is 4.39. The van der Waals surface area contributed by atoms with Crippen molar-refractivity contribution in [3.63, 3.8) is 0 Å². The van der Waals surface area contributed by atoms with Gasteiger partial charge in [-0.25, -0.2) is 0 Å². The van der Waals surface area contributed by atoms with Gasteiger partial charge in [-0.2, -0.15) is 0 Å². The van der Waals surface area contributed by atoms with Gasteiger partial charge in [-0.3, -0.25) is 14.4 Å². The van der Waals surface area contributed by atoms with Crippen LogP contribution in [0.25, 0.3) is 0 Å². The summed E-state index contributed by atoms with van der Waals surface area (Å²) in [6.07, 6.45) is 1.85. The Bertz CT molecular complexity index is 860. The van der Waals surface area contributed by atoms with E-state index in [9.17, 15) is 14.4 Å². The van der Waals surface area contributed by atoms with Crippen LogP contribution in [0, 0.1) is 5.92 Å². The first kappa shape index (κ1) is 19.4. The molecule has 0 atom stereocenters. The Kier molecular flexibility index (Phi) is 6.26. The van der Waals surface area contributed by atoms with Crippen LogP contribution >= 0.6 is 0 Å². The first-order valence-electron chi connectivity index (χ1n) is 9.18. The van der Waals surface area contributed by atoms with Gasteiger partial charge in [0.25, 0.3) is 11.8 Å². The van der Waals surface area contributed by atoms with E-state index in [1.807, 2.05) is 0 Å². The van der Waals surface area contributed by atoms with Gasteiger partial charge in [0.1, 0.15) is 5.75 Å². The summed E-state index contributed by atoms with van der Waals surface area (Å²) in [4.78, 5) is 36.1. The summed E-state index contributed by atoms with van der Waals surface area (Å²) in [5.41, 5.74) is 1.58. The lowest BCUT2D eigenvalue weighted by molar-refractivity contribution is -0.117. The number of amides is 3. The highest BCUT2D eigenvalue weighted by molar-refractivity contribution is 5.98. The molecule has 7 nitrogen and oxygen atoms in total. The summed E-state index contributed by atoms with van der Waals surface area (Å²) in [7, 11) is 1.56. The fraction of sp³-hybridized carbons (Fsp3) is 0.286. The van der Waals surface area contributed by atoms with Crippen LogP contribution < -0.4 is 20.7 Å². The van der Waals surface area contributed by atoms with Crippen molar-refractivity contribution in [3.8, 4) is 5.75 Å². The van der Waals surface area contributed by atoms with Gasteiger partial charge in [-0.1, -0.05) is 6.07 Å². The second-order valence-corrected chi connectivity index (χ2v) is 6.58. The van der Waals surface area contributed by atoms with Gasteiger partial charge < -0.3 is 20.7 Å². The number of carbonyl (C=O) groups is 3. The number of rotatable bonds is 8. The van der Waals surface area contributed by atoms with Crippen molar-refractivity contribution >= 4 is 23.4 Å². The molecule has 0 aliphatic heterocycles. The minimum atomic E-state index is -0.263. The summed E-state index contributed by atoms with van der Waals surface area (Å²) in [6, 6.07) is 13.6. The maximum absolute atomic E-state index is 12.3. The topological polar surface area (TPSA) is 96.5 Å². The Morgan fingerprint density at radius 2 is 1.57 bits per heavy atom. The predicted octanol–water partition coefficient (Wildman–Crippen LogP) is 2.20. The van der Waals surface area contributed by atoms with Crippen molar-refractivity contribution in [2.75, 3.05) is 25.5 Å². The predicted molar refractivity (Wildman–Crippen MR) is 105 cm³/mol. The lowest BCUT2D eigenvalue weighted by atomic mass is 10.2. The average molecular weight is 381 g/mol. The second-order valence-electron chi connectivity index (χ2n) is 6.58. The number of methoxy groups -OCH3 is 1. The Labute approximate surface area is 163 Å². The molecule has 2 aromatic carbocycles. The van der Waals surface area contributed by atoms with Crippen LogP contribution in [0.4, 0.5) is 5.69 Å². The molecule has 1 aliphatic rings. The quantitative estimate of drug-likeness (QED) is 0.611. The van der Waals surface area contributed by atoms with Crippen LogP contribution in [-0.4, -0.2) is 37.9 Å². The average Bonchev–Trinajstić information content (AvgIpc) is 3.56. The summed E-state index contributed by atoms with van der Waals surface area (Å²) in [5.74, 6) is 0.299. The van der Waals surface area contributed by atoms with Crippen LogP contribution in [-0.2, 0) is 4.79 Å². The Balaban J connectivity index is 1.43. The number of hydrogen-bond donors (Lipinski definition) is 3. The van der Waals surface area contributed by atoms with E-state index in [1.54, 1.807) is 55.6 Å². The molecule has 0 aromatic heterocycles. The Morgan fingerprint density at radius 3 is 2.18 bits per heavy atom. The SMILES string of the molecule is COc1ccc(C(=O)NCCNC(=O)c2cccc(NC(=O)C3CC3)c2)cc1. The van der Waals surface area contributed by atoms with E-state index in [1.165, 1.54) is 0 Å². The summed E-state index contributed by atoms with van der Waals surface area (Å²) >= 11 is 0. The molecule has 146 valence electrons. The number of ether oxygens (including phenoxy) is 1. The van der Waals surface area contributed by atoms with Crippen molar-refractivity contribution in [1.29, 1.82) is 0 Å². The third-order valence-electron chi connectivity index (χ3n) is 4.39. The van der Waals surface area contributed by atoms with Gasteiger partial charge in [0.2, 0.25) is 5.91 Å². The van der Waals surface area contributed by atoms with Crippen LogP contribution in [0.5, 0.6) is 5.75 Å². The normalized spacial score (nSPS) is 12.8. The van der Waals surface area contributed by atoms with Crippen LogP contribution in [0.3, 0.4) is 0 Å². The van der Waals surface area contributed by atoms with Crippen molar-refractivity contribution in [1.82, 2.24) is 10.6 Å². The molecule has 2 aromatic rings. The zero-order valence-electron chi connectivity index (χ0n) is 15.7. The number of benzene rings is 2. The summed E-state index contributed by atoms with van der Waals surface area (Å²) in [5, 5.41) is 8.32. The molecule has 28 heavy (non-hydrogen) atoms. The zero-order chi connectivity index (χ0) is 19.9. The van der Waals surface area contributed by atoms with E-state index in [4.69, 9.17) is 4.74 Å². The maximum atomic E-state index is 12.3. The van der Waals surface area contributed by atoms with Gasteiger partial charge >= 0.3 is 0 Å². The molecular weight excluding hydrogens is 358 g/mol. The van der Waals surface area contributed by atoms with E-state index in [0.29, 0.717) is 35.7 Å². The number of carbonyl (C=O) groups excluding carboxylic acids is 3. The Morgan fingerprint density at radius 1 is 0.929 bits per heavy atom. The first-order valence-corrected chi connectivity index (χ1v) is 9.18. The molecule has 0 spiro atoms. The summed E-state index contributed by atoms with van der Waals surface area (Å²) < 4.78 is 5.06. The number of anilines is 1. The maximum Gasteiger partial charge on any atom is 0.251 e. The first-order chi connectivity index (χ1) is 13.6. The fourth-order valence-corrected chi connectivity index (χ4v) is 2.63. The van der Waals surface area contributed by atoms with Gasteiger partial charge in [0, 0.05) is 35.8 Å². The van der Waals surface area contributed by atoms with Crippen LogP contribution in [0.15, 0.2) is 48.5 Å². The molecule has 0 saturated heterocycles. The van der Waals surface area contributed by atoms with Crippen molar-refractivity contribution in [3.05, 3.63) is 59.7 Å². The number of nitrogens with one attached hydrogen (secondary N) is 3. The molecule has 1 fully saturated rings. The van der Waals surface area contributed by atoms with E-state index in [0.717, 1.165) is 12.8 Å². The van der Waals surface area contributed by atoms with Gasteiger partial charge in [0.15, 0.2) is 0 Å². The van der Waals surface area contributed by atoms with Gasteiger partial charge in [-0.15, -0.1) is 0 Å². The van der Waals surface area contributed by atoms with Gasteiger partial charge in [0.05, 0.1) is 7.11 Å². The molecule has 1 saturated carbocycles. The highest BCUT2D eigenvalue weighted by Crippen LogP contribution is 2.30. The minimum absolute atomic E-state index is 0.00111. The highest BCUT2D eigenvalue weighted by atomic mass is 16.5. The molecule has 0 heterocycles. The molecule has 7 heteroatoms. The van der Waals surface area contributed by atoms with Crippen molar-refractivity contribution in [2.24, 2.45) is 5.92 Å². The largest absolute Gasteiger partial charge is 0.497 e. The molecule has 3 N–H and O–H groups in total. The van der Waals surface area contributed by atoms with E-state index >= 15 is 0 Å². The zero-order valence-corrected chi connectivity index (χ0v) is 15.7. The fourth-order valence-electron chi connectivity index (χ4n) is 2.63. The lowest BCUT2D eigenvalue weighted by Crippen LogP contribution is -2.34. The van der Waals surface area contributed by atoms with Crippen LogP contribution in [0.1, 0.15) is 33.6 Å². The molecule has 0 bridgehead atoms. The monoisotopic (exact) mass is 381 g/mol. The van der Waals surface area contributed by atoms with Crippen LogP contribution in [0.2, 0.25) is 0 Å². The highest BCUT2D eigenvalue weighted by Gasteiger charge is 2.29. The third kappa shape index (κ3) is 5.33. The second kappa shape index (κ2) is 9.03.